The number of rotatable bonds is 3. The van der Waals surface area contributed by atoms with Crippen LogP contribution in [0.5, 0.6) is 0 Å². The molecular formula is C6H8N3O2. The Morgan fingerprint density at radius 3 is 3.09 bits per heavy atom. The van der Waals surface area contributed by atoms with Gasteiger partial charge in [-0.3, -0.25) is 4.79 Å². The zero-order chi connectivity index (χ0) is 8.27. The predicted octanol–water partition coefficient (Wildman–Crippen LogP) is -0.900. The van der Waals surface area contributed by atoms with Gasteiger partial charge in [-0.15, -0.1) is 0 Å². The minimum atomic E-state index is -0.697. The van der Waals surface area contributed by atoms with Crippen molar-refractivity contribution in [2.45, 2.75) is 12.5 Å². The minimum absolute atomic E-state index is 0.250. The molecule has 1 rings (SSSR count). The van der Waals surface area contributed by atoms with E-state index in [2.05, 4.69) is 4.98 Å². The molecule has 5 nitrogen and oxygen atoms in total. The van der Waals surface area contributed by atoms with Crippen LogP contribution in [0.15, 0.2) is 12.5 Å². The maximum absolute atomic E-state index is 9.98. The first-order valence-electron chi connectivity index (χ1n) is 3.07. The molecule has 0 aliphatic rings. The van der Waals surface area contributed by atoms with Gasteiger partial charge in [0.15, 0.2) is 0 Å². The quantitative estimate of drug-likeness (QED) is 0.553. The monoisotopic (exact) mass is 154 g/mol. The second-order valence-corrected chi connectivity index (χ2v) is 2.16. The number of nitrogens with two attached hydrogens (primary N) is 1. The predicted molar refractivity (Wildman–Crippen MR) is 36.8 cm³/mol. The molecule has 0 aromatic carbocycles. The van der Waals surface area contributed by atoms with Gasteiger partial charge < -0.3 is 10.9 Å². The molecule has 1 atom stereocenters. The average molecular weight is 154 g/mol. The van der Waals surface area contributed by atoms with Gasteiger partial charge in [0, 0.05) is 6.42 Å². The van der Waals surface area contributed by atoms with Crippen molar-refractivity contribution in [2.75, 3.05) is 0 Å². The standard InChI is InChI=1S/C6H8N3O2/c7-5(3-10)1-6-2-8-4-9(6)11/h2,4-5,11H,1,7H2/t5-/m0/s1. The van der Waals surface area contributed by atoms with E-state index in [9.17, 15) is 4.79 Å². The maximum Gasteiger partial charge on any atom is 0.217 e. The Morgan fingerprint density at radius 1 is 1.91 bits per heavy atom. The fourth-order valence-corrected chi connectivity index (χ4v) is 0.729. The molecule has 5 heteroatoms. The molecule has 0 saturated heterocycles. The summed E-state index contributed by atoms with van der Waals surface area (Å²) in [5.41, 5.74) is 5.76. The van der Waals surface area contributed by atoms with Crippen LogP contribution in [-0.4, -0.2) is 27.2 Å². The minimum Gasteiger partial charge on any atom is -0.427 e. The van der Waals surface area contributed by atoms with E-state index in [4.69, 9.17) is 10.9 Å². The summed E-state index contributed by atoms with van der Waals surface area (Å²) in [4.78, 5) is 13.6. The second kappa shape index (κ2) is 3.16. The lowest BCUT2D eigenvalue weighted by atomic mass is 10.2. The number of aromatic nitrogens is 2. The van der Waals surface area contributed by atoms with Crippen molar-refractivity contribution in [2.24, 2.45) is 5.73 Å². The Bertz CT molecular complexity index is 246. The van der Waals surface area contributed by atoms with Crippen LogP contribution in [0.4, 0.5) is 0 Å². The first kappa shape index (κ1) is 7.74. The molecule has 59 valence electrons. The van der Waals surface area contributed by atoms with E-state index in [-0.39, 0.29) is 6.42 Å². The lowest BCUT2D eigenvalue weighted by molar-refractivity contribution is 0.176. The molecule has 1 heterocycles. The highest BCUT2D eigenvalue weighted by molar-refractivity contribution is 5.58. The van der Waals surface area contributed by atoms with E-state index in [0.717, 1.165) is 4.73 Å². The third-order valence-electron chi connectivity index (χ3n) is 1.27. The normalized spacial score (nSPS) is 12.8. The molecule has 1 aromatic heterocycles. The van der Waals surface area contributed by atoms with Crippen molar-refractivity contribution in [1.82, 2.24) is 9.71 Å². The zero-order valence-electron chi connectivity index (χ0n) is 5.77. The highest BCUT2D eigenvalue weighted by Gasteiger charge is 2.06. The molecular weight excluding hydrogens is 146 g/mol. The van der Waals surface area contributed by atoms with E-state index >= 15 is 0 Å². The smallest absolute Gasteiger partial charge is 0.217 e. The summed E-state index contributed by atoms with van der Waals surface area (Å²) in [6, 6.07) is -0.697. The largest absolute Gasteiger partial charge is 0.427 e. The highest BCUT2D eigenvalue weighted by Crippen LogP contribution is 1.97. The SMILES string of the molecule is N[C@H]([C]=O)Cc1cncn1O. The van der Waals surface area contributed by atoms with E-state index in [0.29, 0.717) is 5.69 Å². The van der Waals surface area contributed by atoms with Gasteiger partial charge in [0.1, 0.15) is 6.33 Å². The Labute approximate surface area is 63.4 Å². The number of hydrogen-bond donors (Lipinski definition) is 2. The van der Waals surface area contributed by atoms with Crippen molar-refractivity contribution in [3.8, 4) is 0 Å². The summed E-state index contributed by atoms with van der Waals surface area (Å²) in [6.07, 6.45) is 4.53. The molecule has 0 aliphatic heterocycles. The summed E-state index contributed by atoms with van der Waals surface area (Å²) >= 11 is 0. The number of hydrogen-bond acceptors (Lipinski definition) is 4. The van der Waals surface area contributed by atoms with E-state index in [1.807, 2.05) is 0 Å². The summed E-state index contributed by atoms with van der Waals surface area (Å²) in [5.74, 6) is 0. The van der Waals surface area contributed by atoms with Crippen molar-refractivity contribution in [3.05, 3.63) is 18.2 Å². The topological polar surface area (TPSA) is 81.1 Å². The van der Waals surface area contributed by atoms with Gasteiger partial charge >= 0.3 is 0 Å². The van der Waals surface area contributed by atoms with Crippen LogP contribution in [0.25, 0.3) is 0 Å². The highest BCUT2D eigenvalue weighted by atomic mass is 16.5. The van der Waals surface area contributed by atoms with Gasteiger partial charge in [0.05, 0.1) is 17.9 Å². The molecule has 1 radical (unpaired) electrons. The van der Waals surface area contributed by atoms with Gasteiger partial charge in [-0.05, 0) is 0 Å². The van der Waals surface area contributed by atoms with Gasteiger partial charge in [-0.2, -0.15) is 4.73 Å². The maximum atomic E-state index is 9.98. The molecule has 0 saturated carbocycles. The van der Waals surface area contributed by atoms with Crippen molar-refractivity contribution >= 4 is 6.29 Å². The molecule has 0 spiro atoms. The Morgan fingerprint density at radius 2 is 2.64 bits per heavy atom. The van der Waals surface area contributed by atoms with Crippen molar-refractivity contribution in [1.29, 1.82) is 0 Å². The summed E-state index contributed by atoms with van der Waals surface area (Å²) in [7, 11) is 0. The number of carbonyl (C=O) groups excluding carboxylic acids is 1. The van der Waals surface area contributed by atoms with Gasteiger partial charge in [0.2, 0.25) is 6.29 Å². The molecule has 11 heavy (non-hydrogen) atoms. The van der Waals surface area contributed by atoms with Crippen LogP contribution < -0.4 is 5.73 Å². The van der Waals surface area contributed by atoms with Crippen LogP contribution in [0, 0.1) is 0 Å². The van der Waals surface area contributed by atoms with E-state index in [1.165, 1.54) is 12.5 Å². The first-order valence-corrected chi connectivity index (χ1v) is 3.07. The van der Waals surface area contributed by atoms with Gasteiger partial charge in [-0.1, -0.05) is 0 Å². The molecule has 0 amide bonds. The van der Waals surface area contributed by atoms with Crippen LogP contribution in [-0.2, 0) is 11.2 Å². The molecule has 0 unspecified atom stereocenters. The molecule has 0 bridgehead atoms. The van der Waals surface area contributed by atoms with Crippen LogP contribution in [0.2, 0.25) is 0 Å². The molecule has 3 N–H and O–H groups in total. The third-order valence-corrected chi connectivity index (χ3v) is 1.27. The van der Waals surface area contributed by atoms with Crippen molar-refractivity contribution in [3.63, 3.8) is 0 Å². The second-order valence-electron chi connectivity index (χ2n) is 2.16. The first-order chi connectivity index (χ1) is 5.24. The van der Waals surface area contributed by atoms with E-state index in [1.54, 1.807) is 6.29 Å². The Balaban J connectivity index is 2.63. The molecule has 0 fully saturated rings. The summed E-state index contributed by atoms with van der Waals surface area (Å²) < 4.78 is 0.831. The lowest BCUT2D eigenvalue weighted by Crippen LogP contribution is -2.25. The Kier molecular flexibility index (Phi) is 2.22. The molecule has 0 aliphatic carbocycles. The van der Waals surface area contributed by atoms with Gasteiger partial charge in [-0.25, -0.2) is 4.98 Å². The fourth-order valence-electron chi connectivity index (χ4n) is 0.729. The van der Waals surface area contributed by atoms with Gasteiger partial charge in [0.25, 0.3) is 0 Å². The van der Waals surface area contributed by atoms with Crippen LogP contribution >= 0.6 is 0 Å². The van der Waals surface area contributed by atoms with E-state index < -0.39 is 6.04 Å². The Hall–Kier alpha value is -1.36. The lowest BCUT2D eigenvalue weighted by Gasteiger charge is -2.01. The average Bonchev–Trinajstić information content (AvgIpc) is 2.37. The number of nitrogens with zero attached hydrogens (tertiary/aromatic N) is 2. The molecule has 1 aromatic rings. The van der Waals surface area contributed by atoms with Crippen molar-refractivity contribution < 1.29 is 10.0 Å². The summed E-state index contributed by atoms with van der Waals surface area (Å²) in [5, 5.41) is 8.96. The van der Waals surface area contributed by atoms with Crippen LogP contribution in [0.3, 0.4) is 0 Å². The van der Waals surface area contributed by atoms with Crippen LogP contribution in [0.1, 0.15) is 5.69 Å². The fraction of sp³-hybridized carbons (Fsp3) is 0.333. The number of imidazole rings is 1. The summed E-state index contributed by atoms with van der Waals surface area (Å²) in [6.45, 7) is 0. The zero-order valence-corrected chi connectivity index (χ0v) is 5.77. The third kappa shape index (κ3) is 1.78.